The molecule has 0 amide bonds. The van der Waals surface area contributed by atoms with Crippen LogP contribution in [-0.2, 0) is 14.8 Å². The number of ether oxygens (including phenoxy) is 1. The molecule has 0 saturated heterocycles. The fourth-order valence-corrected chi connectivity index (χ4v) is 3.39. The number of nitriles is 1. The van der Waals surface area contributed by atoms with Gasteiger partial charge in [-0.2, -0.15) is 9.98 Å². The van der Waals surface area contributed by atoms with Crippen molar-refractivity contribution in [3.63, 3.8) is 0 Å². The quantitative estimate of drug-likeness (QED) is 0.790. The number of hydrogen-bond donors (Lipinski definition) is 1. The van der Waals surface area contributed by atoms with Crippen molar-refractivity contribution in [1.29, 1.82) is 5.26 Å². The van der Waals surface area contributed by atoms with Crippen LogP contribution >= 0.6 is 0 Å². The molecular weight excluding hydrogens is 320 g/mol. The average Bonchev–Trinajstić information content (AvgIpc) is 2.97. The van der Waals surface area contributed by atoms with Crippen LogP contribution in [0.25, 0.3) is 5.52 Å². The smallest absolute Gasteiger partial charge is 0.339 e. The predicted molar refractivity (Wildman–Crippen MR) is 81.2 cm³/mol. The van der Waals surface area contributed by atoms with Crippen molar-refractivity contribution in [2.24, 2.45) is 0 Å². The van der Waals surface area contributed by atoms with E-state index in [9.17, 15) is 13.2 Å². The lowest BCUT2D eigenvalue weighted by atomic mass is 10.2. The number of hydrogen-bond acceptors (Lipinski definition) is 6. The summed E-state index contributed by atoms with van der Waals surface area (Å²) >= 11 is 0. The van der Waals surface area contributed by atoms with Gasteiger partial charge in [0.05, 0.1) is 24.3 Å². The average molecular weight is 336 g/mol. The first-order valence-corrected chi connectivity index (χ1v) is 8.38. The number of sulfonamides is 1. The molecule has 0 spiro atoms. The third kappa shape index (κ3) is 3.49. The molecule has 8 nitrogen and oxygen atoms in total. The summed E-state index contributed by atoms with van der Waals surface area (Å²) in [5.74, 6) is -0.532. The second-order valence-corrected chi connectivity index (χ2v) is 6.47. The molecule has 2 heterocycles. The molecule has 0 radical (unpaired) electrons. The number of pyridine rings is 1. The monoisotopic (exact) mass is 336 g/mol. The number of aromatic nitrogens is 2. The largest absolute Gasteiger partial charge is 0.465 e. The summed E-state index contributed by atoms with van der Waals surface area (Å²) in [4.78, 5) is 15.4. The minimum absolute atomic E-state index is 0.190. The Morgan fingerprint density at radius 1 is 1.52 bits per heavy atom. The number of rotatable bonds is 6. The highest BCUT2D eigenvalue weighted by molar-refractivity contribution is 7.89. The minimum Gasteiger partial charge on any atom is -0.465 e. The molecule has 122 valence electrons. The Kier molecular flexibility index (Phi) is 4.98. The lowest BCUT2D eigenvalue weighted by Gasteiger charge is -2.09. The van der Waals surface area contributed by atoms with Gasteiger partial charge in [-0.25, -0.2) is 18.2 Å². The number of esters is 1. The van der Waals surface area contributed by atoms with Crippen molar-refractivity contribution in [2.45, 2.75) is 30.8 Å². The van der Waals surface area contributed by atoms with Gasteiger partial charge in [0.25, 0.3) is 10.0 Å². The molecule has 2 aromatic heterocycles. The number of carbonyl (C=O) groups is 1. The van der Waals surface area contributed by atoms with E-state index in [1.807, 2.05) is 13.0 Å². The molecule has 0 bridgehead atoms. The lowest BCUT2D eigenvalue weighted by Crippen LogP contribution is -2.34. The summed E-state index contributed by atoms with van der Waals surface area (Å²) in [7, 11) is -2.68. The van der Waals surface area contributed by atoms with Gasteiger partial charge in [-0.1, -0.05) is 13.3 Å². The van der Waals surface area contributed by atoms with Crippen molar-refractivity contribution in [3.05, 3.63) is 30.2 Å². The zero-order valence-electron chi connectivity index (χ0n) is 12.7. The van der Waals surface area contributed by atoms with E-state index in [-0.39, 0.29) is 10.6 Å². The van der Waals surface area contributed by atoms with E-state index in [2.05, 4.69) is 14.4 Å². The molecule has 0 aliphatic rings. The predicted octanol–water partition coefficient (Wildman–Crippen LogP) is 1.09. The van der Waals surface area contributed by atoms with E-state index in [1.165, 1.54) is 36.2 Å². The zero-order valence-corrected chi connectivity index (χ0v) is 13.5. The van der Waals surface area contributed by atoms with E-state index >= 15 is 0 Å². The van der Waals surface area contributed by atoms with Crippen molar-refractivity contribution < 1.29 is 17.9 Å². The Morgan fingerprint density at radius 3 is 2.87 bits per heavy atom. The van der Waals surface area contributed by atoms with Crippen LogP contribution in [0, 0.1) is 11.3 Å². The molecule has 0 aromatic carbocycles. The maximum absolute atomic E-state index is 12.4. The van der Waals surface area contributed by atoms with Gasteiger partial charge >= 0.3 is 5.97 Å². The number of carbonyl (C=O) groups excluding carboxylic acids is 1. The summed E-state index contributed by atoms with van der Waals surface area (Å²) in [6.07, 6.45) is 3.81. The third-order valence-electron chi connectivity index (χ3n) is 3.20. The van der Waals surface area contributed by atoms with Crippen LogP contribution in [0.5, 0.6) is 0 Å². The van der Waals surface area contributed by atoms with Crippen LogP contribution in [0.2, 0.25) is 0 Å². The van der Waals surface area contributed by atoms with Gasteiger partial charge in [0.15, 0.2) is 5.03 Å². The molecule has 1 N–H and O–H groups in total. The Morgan fingerprint density at radius 2 is 2.26 bits per heavy atom. The third-order valence-corrected chi connectivity index (χ3v) is 4.62. The zero-order chi connectivity index (χ0) is 17.0. The summed E-state index contributed by atoms with van der Waals surface area (Å²) in [6, 6.07) is 4.03. The number of methoxy groups -OCH3 is 1. The van der Waals surface area contributed by atoms with Crippen LogP contribution in [-0.4, -0.2) is 36.9 Å². The number of imidazole rings is 1. The van der Waals surface area contributed by atoms with E-state index in [0.29, 0.717) is 18.4 Å². The molecular formula is C14H16N4O4S. The van der Waals surface area contributed by atoms with E-state index in [1.54, 1.807) is 0 Å². The summed E-state index contributed by atoms with van der Waals surface area (Å²) in [6.45, 7) is 1.86. The lowest BCUT2D eigenvalue weighted by molar-refractivity contribution is 0.0600. The summed E-state index contributed by atoms with van der Waals surface area (Å²) < 4.78 is 33.2. The molecule has 0 fully saturated rings. The summed E-state index contributed by atoms with van der Waals surface area (Å²) in [5, 5.41) is 8.81. The second-order valence-electron chi connectivity index (χ2n) is 4.84. The van der Waals surface area contributed by atoms with Crippen LogP contribution in [0.1, 0.15) is 30.1 Å². The van der Waals surface area contributed by atoms with Crippen molar-refractivity contribution in [3.8, 4) is 6.07 Å². The van der Waals surface area contributed by atoms with Crippen molar-refractivity contribution in [1.82, 2.24) is 14.1 Å². The maximum atomic E-state index is 12.4. The van der Waals surface area contributed by atoms with E-state index in [0.717, 1.165) is 0 Å². The highest BCUT2D eigenvalue weighted by Crippen LogP contribution is 2.17. The maximum Gasteiger partial charge on any atom is 0.339 e. The second kappa shape index (κ2) is 6.76. The molecule has 0 aliphatic heterocycles. The topological polar surface area (TPSA) is 114 Å². The van der Waals surface area contributed by atoms with Crippen LogP contribution in [0.15, 0.2) is 29.7 Å². The van der Waals surface area contributed by atoms with E-state index < -0.39 is 22.0 Å². The fourth-order valence-electron chi connectivity index (χ4n) is 2.10. The van der Waals surface area contributed by atoms with Gasteiger partial charge in [-0.05, 0) is 18.6 Å². The van der Waals surface area contributed by atoms with Crippen molar-refractivity contribution >= 4 is 21.5 Å². The van der Waals surface area contributed by atoms with Crippen LogP contribution < -0.4 is 4.72 Å². The van der Waals surface area contributed by atoms with E-state index in [4.69, 9.17) is 5.26 Å². The van der Waals surface area contributed by atoms with Gasteiger partial charge < -0.3 is 9.14 Å². The minimum atomic E-state index is -3.94. The molecule has 0 aliphatic carbocycles. The highest BCUT2D eigenvalue weighted by atomic mass is 32.2. The Bertz CT molecular complexity index is 867. The van der Waals surface area contributed by atoms with Gasteiger partial charge in [-0.15, -0.1) is 0 Å². The van der Waals surface area contributed by atoms with Gasteiger partial charge in [0.1, 0.15) is 12.4 Å². The Labute approximate surface area is 133 Å². The summed E-state index contributed by atoms with van der Waals surface area (Å²) in [5.41, 5.74) is 0.577. The molecule has 2 rings (SSSR count). The first kappa shape index (κ1) is 16.9. The van der Waals surface area contributed by atoms with Gasteiger partial charge in [0, 0.05) is 6.20 Å². The van der Waals surface area contributed by atoms with Crippen LogP contribution in [0.3, 0.4) is 0 Å². The molecule has 1 unspecified atom stereocenters. The highest BCUT2D eigenvalue weighted by Gasteiger charge is 2.24. The van der Waals surface area contributed by atoms with Crippen molar-refractivity contribution in [2.75, 3.05) is 7.11 Å². The van der Waals surface area contributed by atoms with Gasteiger partial charge in [0.2, 0.25) is 0 Å². The Balaban J connectivity index is 2.40. The number of nitrogens with zero attached hydrogens (tertiary/aromatic N) is 3. The SMILES string of the molecule is CCCC(C#N)NS(=O)(=O)c1ncn2cc(C(=O)OC)ccc12. The molecule has 9 heteroatoms. The Hall–Kier alpha value is -2.44. The number of nitrogens with one attached hydrogen (secondary N) is 1. The molecule has 1 atom stereocenters. The normalized spacial score (nSPS) is 12.7. The number of fused-ring (bicyclic) bond motifs is 1. The first-order chi connectivity index (χ1) is 10.9. The molecule has 2 aromatic rings. The molecule has 0 saturated carbocycles. The van der Waals surface area contributed by atoms with Crippen LogP contribution in [0.4, 0.5) is 0 Å². The first-order valence-electron chi connectivity index (χ1n) is 6.90. The fraction of sp³-hybridized carbons (Fsp3) is 0.357. The van der Waals surface area contributed by atoms with Gasteiger partial charge in [-0.3, -0.25) is 0 Å². The molecule has 23 heavy (non-hydrogen) atoms. The standard InChI is InChI=1S/C14H16N4O4S/c1-3-4-11(7-15)17-23(20,21)13-12-6-5-10(14(19)22-2)8-18(12)9-16-13/h5-6,8-9,11,17H,3-4H2,1-2H3.